The molecule has 0 radical (unpaired) electrons. The van der Waals surface area contributed by atoms with Crippen molar-refractivity contribution in [1.29, 1.82) is 0 Å². The first kappa shape index (κ1) is 14.3. The molecule has 0 fully saturated rings. The van der Waals surface area contributed by atoms with Crippen molar-refractivity contribution in [2.75, 3.05) is 13.7 Å². The molecule has 0 aliphatic carbocycles. The molecule has 1 aromatic rings. The lowest BCUT2D eigenvalue weighted by Crippen LogP contribution is -2.32. The maximum atomic E-state index is 5.96. The molecule has 1 aromatic carbocycles. The third-order valence-corrected chi connectivity index (χ3v) is 2.69. The first-order valence-electron chi connectivity index (χ1n) is 5.49. The number of methoxy groups -OCH3 is 1. The summed E-state index contributed by atoms with van der Waals surface area (Å²) in [5.41, 5.74) is 3.70. The highest BCUT2D eigenvalue weighted by molar-refractivity contribution is 6.32. The summed E-state index contributed by atoms with van der Waals surface area (Å²) in [5.74, 6) is 6.15. The molecule has 1 unspecified atom stereocenters. The van der Waals surface area contributed by atoms with Gasteiger partial charge in [-0.05, 0) is 31.5 Å². The fourth-order valence-electron chi connectivity index (χ4n) is 1.42. The predicted molar refractivity (Wildman–Crippen MR) is 69.2 cm³/mol. The lowest BCUT2D eigenvalue weighted by Gasteiger charge is -2.19. The highest BCUT2D eigenvalue weighted by atomic mass is 35.5. The number of hydrazine groups is 1. The summed E-state index contributed by atoms with van der Waals surface area (Å²) in [5, 5.41) is 0.580. The quantitative estimate of drug-likeness (QED) is 0.607. The number of halogens is 1. The van der Waals surface area contributed by atoms with Crippen LogP contribution in [0.2, 0.25) is 5.02 Å². The van der Waals surface area contributed by atoms with Crippen LogP contribution in [0, 0.1) is 0 Å². The highest BCUT2D eigenvalue weighted by Gasteiger charge is 2.13. The number of hydrogen-bond donors (Lipinski definition) is 2. The summed E-state index contributed by atoms with van der Waals surface area (Å²) in [6.07, 6.45) is 0.167. The molecular formula is C12H19ClN2O2. The van der Waals surface area contributed by atoms with Crippen LogP contribution in [-0.2, 0) is 4.74 Å². The Kier molecular flexibility index (Phi) is 5.71. The number of nitrogens with one attached hydrogen (secondary N) is 1. The Balaban J connectivity index is 2.80. The van der Waals surface area contributed by atoms with Gasteiger partial charge in [0, 0.05) is 0 Å². The minimum Gasteiger partial charge on any atom is -0.495 e. The van der Waals surface area contributed by atoms with Crippen molar-refractivity contribution in [2.24, 2.45) is 5.84 Å². The number of hydrogen-bond acceptors (Lipinski definition) is 4. The second-order valence-electron chi connectivity index (χ2n) is 4.00. The van der Waals surface area contributed by atoms with Crippen molar-refractivity contribution in [3.63, 3.8) is 0 Å². The Morgan fingerprint density at radius 3 is 2.65 bits per heavy atom. The predicted octanol–water partition coefficient (Wildman–Crippen LogP) is 2.28. The van der Waals surface area contributed by atoms with E-state index in [0.29, 0.717) is 17.4 Å². The van der Waals surface area contributed by atoms with Gasteiger partial charge in [0.25, 0.3) is 0 Å². The zero-order chi connectivity index (χ0) is 12.8. The summed E-state index contributed by atoms with van der Waals surface area (Å²) in [7, 11) is 1.58. The van der Waals surface area contributed by atoms with Crippen molar-refractivity contribution in [2.45, 2.75) is 26.0 Å². The van der Waals surface area contributed by atoms with E-state index < -0.39 is 0 Å². The van der Waals surface area contributed by atoms with Gasteiger partial charge in [0.05, 0.1) is 30.9 Å². The van der Waals surface area contributed by atoms with Crippen LogP contribution in [0.3, 0.4) is 0 Å². The first-order valence-corrected chi connectivity index (χ1v) is 5.87. The second-order valence-corrected chi connectivity index (χ2v) is 4.40. The maximum absolute atomic E-state index is 5.96. The van der Waals surface area contributed by atoms with E-state index in [9.17, 15) is 0 Å². The molecule has 1 atom stereocenters. The van der Waals surface area contributed by atoms with Crippen molar-refractivity contribution >= 4 is 11.6 Å². The van der Waals surface area contributed by atoms with Gasteiger partial charge in [0.1, 0.15) is 5.75 Å². The molecule has 0 heterocycles. The molecule has 5 heteroatoms. The molecule has 0 aliphatic heterocycles. The standard InChI is InChI=1S/C12H19ClN2O2/c1-8(2)17-7-11(15-14)9-4-5-10(13)12(6-9)16-3/h4-6,8,11,15H,7,14H2,1-3H3. The Morgan fingerprint density at radius 1 is 1.41 bits per heavy atom. The lowest BCUT2D eigenvalue weighted by atomic mass is 10.1. The van der Waals surface area contributed by atoms with E-state index >= 15 is 0 Å². The number of benzene rings is 1. The fourth-order valence-corrected chi connectivity index (χ4v) is 1.62. The molecule has 17 heavy (non-hydrogen) atoms. The minimum atomic E-state index is -0.0800. The molecule has 0 amide bonds. The molecule has 96 valence electrons. The molecule has 3 N–H and O–H groups in total. The van der Waals surface area contributed by atoms with Crippen LogP contribution in [0.25, 0.3) is 0 Å². The van der Waals surface area contributed by atoms with Gasteiger partial charge < -0.3 is 9.47 Å². The summed E-state index contributed by atoms with van der Waals surface area (Å²) in [6.45, 7) is 4.46. The van der Waals surface area contributed by atoms with E-state index in [0.717, 1.165) is 5.56 Å². The Hall–Kier alpha value is -0.810. The molecular weight excluding hydrogens is 240 g/mol. The first-order chi connectivity index (χ1) is 8.08. The minimum absolute atomic E-state index is 0.0800. The average Bonchev–Trinajstić information content (AvgIpc) is 2.31. The third kappa shape index (κ3) is 4.16. The van der Waals surface area contributed by atoms with Crippen molar-refractivity contribution < 1.29 is 9.47 Å². The molecule has 0 saturated heterocycles. The summed E-state index contributed by atoms with van der Waals surface area (Å²) < 4.78 is 10.7. The normalized spacial score (nSPS) is 12.8. The van der Waals surface area contributed by atoms with Crippen LogP contribution in [-0.4, -0.2) is 19.8 Å². The molecule has 0 saturated carbocycles. The SMILES string of the molecule is COc1cc(C(COC(C)C)NN)ccc1Cl. The van der Waals surface area contributed by atoms with Crippen molar-refractivity contribution in [3.05, 3.63) is 28.8 Å². The van der Waals surface area contributed by atoms with E-state index in [2.05, 4.69) is 5.43 Å². The van der Waals surface area contributed by atoms with Crippen LogP contribution in [0.4, 0.5) is 0 Å². The zero-order valence-corrected chi connectivity index (χ0v) is 11.1. The van der Waals surface area contributed by atoms with Gasteiger partial charge in [-0.1, -0.05) is 17.7 Å². The monoisotopic (exact) mass is 258 g/mol. The van der Waals surface area contributed by atoms with E-state index in [1.54, 1.807) is 13.2 Å². The Labute approximate surface area is 107 Å². The fraction of sp³-hybridized carbons (Fsp3) is 0.500. The highest BCUT2D eigenvalue weighted by Crippen LogP contribution is 2.27. The van der Waals surface area contributed by atoms with Gasteiger partial charge in [-0.15, -0.1) is 0 Å². The zero-order valence-electron chi connectivity index (χ0n) is 10.4. The van der Waals surface area contributed by atoms with Crippen LogP contribution >= 0.6 is 11.6 Å². The van der Waals surface area contributed by atoms with Gasteiger partial charge in [-0.25, -0.2) is 0 Å². The summed E-state index contributed by atoms with van der Waals surface area (Å²) in [4.78, 5) is 0. The molecule has 0 aliphatic rings. The van der Waals surface area contributed by atoms with E-state index in [4.69, 9.17) is 26.9 Å². The third-order valence-electron chi connectivity index (χ3n) is 2.37. The molecule has 1 rings (SSSR count). The van der Waals surface area contributed by atoms with E-state index in [-0.39, 0.29) is 12.1 Å². The molecule has 4 nitrogen and oxygen atoms in total. The van der Waals surface area contributed by atoms with Gasteiger partial charge >= 0.3 is 0 Å². The lowest BCUT2D eigenvalue weighted by molar-refractivity contribution is 0.0611. The average molecular weight is 259 g/mol. The molecule has 0 spiro atoms. The van der Waals surface area contributed by atoms with Gasteiger partial charge in [0.2, 0.25) is 0 Å². The van der Waals surface area contributed by atoms with E-state index in [1.165, 1.54) is 0 Å². The smallest absolute Gasteiger partial charge is 0.137 e. The van der Waals surface area contributed by atoms with Crippen LogP contribution in [0.1, 0.15) is 25.5 Å². The number of ether oxygens (including phenoxy) is 2. The summed E-state index contributed by atoms with van der Waals surface area (Å²) in [6, 6.07) is 5.47. The van der Waals surface area contributed by atoms with Crippen LogP contribution < -0.4 is 16.0 Å². The summed E-state index contributed by atoms with van der Waals surface area (Å²) >= 11 is 5.96. The van der Waals surface area contributed by atoms with Crippen molar-refractivity contribution in [3.8, 4) is 5.75 Å². The van der Waals surface area contributed by atoms with Crippen LogP contribution in [0.5, 0.6) is 5.75 Å². The molecule has 0 bridgehead atoms. The largest absolute Gasteiger partial charge is 0.495 e. The molecule has 0 aromatic heterocycles. The number of rotatable bonds is 6. The maximum Gasteiger partial charge on any atom is 0.137 e. The van der Waals surface area contributed by atoms with E-state index in [1.807, 2.05) is 26.0 Å². The number of nitrogens with two attached hydrogens (primary N) is 1. The topological polar surface area (TPSA) is 56.5 Å². The van der Waals surface area contributed by atoms with Gasteiger partial charge in [0.15, 0.2) is 0 Å². The Morgan fingerprint density at radius 2 is 2.12 bits per heavy atom. The Bertz CT molecular complexity index is 358. The second kappa shape index (κ2) is 6.81. The van der Waals surface area contributed by atoms with Gasteiger partial charge in [-0.3, -0.25) is 11.3 Å². The van der Waals surface area contributed by atoms with Gasteiger partial charge in [-0.2, -0.15) is 0 Å². The van der Waals surface area contributed by atoms with Crippen LogP contribution in [0.15, 0.2) is 18.2 Å². The van der Waals surface area contributed by atoms with Crippen molar-refractivity contribution in [1.82, 2.24) is 5.43 Å².